The fraction of sp³-hybridized carbons (Fsp3) is 0.300. The standard InChI is InChI=1S/C20H23Cl2N3O5S/c1-30-20(27)24-12-3-11-23-19(26)15-6-8-16(9-7-15)25(31(28)29)13-10-14-4-2-5-17(21)18(14)22/h2,4-9H,3,10-13H2,1H3,(H,23,26)(H,24,27)(H,28,29). The second-order valence-corrected chi connectivity index (χ2v) is 8.06. The number of alkyl carbamates (subject to hydrolysis) is 1. The van der Waals surface area contributed by atoms with Crippen molar-refractivity contribution >= 4 is 52.2 Å². The van der Waals surface area contributed by atoms with E-state index in [1.807, 2.05) is 0 Å². The van der Waals surface area contributed by atoms with Gasteiger partial charge in [-0.25, -0.2) is 9.00 Å². The van der Waals surface area contributed by atoms with Crippen LogP contribution in [-0.2, 0) is 22.4 Å². The zero-order chi connectivity index (χ0) is 22.8. The number of anilines is 1. The predicted molar refractivity (Wildman–Crippen MR) is 122 cm³/mol. The SMILES string of the molecule is COC(=O)NCCCNC(=O)c1ccc(N(CCc2cccc(Cl)c2Cl)S(=O)O)cc1. The van der Waals surface area contributed by atoms with Crippen LogP contribution < -0.4 is 14.9 Å². The molecule has 0 radical (unpaired) electrons. The van der Waals surface area contributed by atoms with Crippen molar-refractivity contribution < 1.29 is 23.1 Å². The molecule has 1 unspecified atom stereocenters. The largest absolute Gasteiger partial charge is 0.453 e. The van der Waals surface area contributed by atoms with E-state index < -0.39 is 17.4 Å². The van der Waals surface area contributed by atoms with E-state index in [4.69, 9.17) is 23.2 Å². The van der Waals surface area contributed by atoms with Crippen LogP contribution in [0.15, 0.2) is 42.5 Å². The Kier molecular flexibility index (Phi) is 10.1. The Hall–Kier alpha value is -2.33. The Morgan fingerprint density at radius 2 is 1.77 bits per heavy atom. The lowest BCUT2D eigenvalue weighted by molar-refractivity contribution is 0.0953. The van der Waals surface area contributed by atoms with E-state index in [0.29, 0.717) is 47.2 Å². The number of benzene rings is 2. The van der Waals surface area contributed by atoms with Crippen molar-refractivity contribution in [3.05, 3.63) is 63.6 Å². The minimum absolute atomic E-state index is 0.224. The zero-order valence-corrected chi connectivity index (χ0v) is 19.1. The third-order valence-corrected chi connectivity index (χ3v) is 5.94. The molecule has 0 spiro atoms. The molecule has 3 N–H and O–H groups in total. The van der Waals surface area contributed by atoms with Crippen molar-refractivity contribution in [2.45, 2.75) is 12.8 Å². The van der Waals surface area contributed by atoms with Crippen molar-refractivity contribution in [1.29, 1.82) is 0 Å². The fourth-order valence-corrected chi connectivity index (χ4v) is 3.66. The second-order valence-electron chi connectivity index (χ2n) is 6.37. The van der Waals surface area contributed by atoms with Crippen molar-refractivity contribution in [2.75, 3.05) is 31.0 Å². The van der Waals surface area contributed by atoms with Gasteiger partial charge in [0.1, 0.15) is 0 Å². The quantitative estimate of drug-likeness (QED) is 0.350. The predicted octanol–water partition coefficient (Wildman–Crippen LogP) is 3.66. The van der Waals surface area contributed by atoms with Crippen molar-refractivity contribution in [3.8, 4) is 0 Å². The van der Waals surface area contributed by atoms with E-state index >= 15 is 0 Å². The molecular formula is C20H23Cl2N3O5S. The van der Waals surface area contributed by atoms with E-state index in [9.17, 15) is 18.4 Å². The van der Waals surface area contributed by atoms with Crippen LogP contribution in [0.25, 0.3) is 0 Å². The Bertz CT molecular complexity index is 928. The highest BCUT2D eigenvalue weighted by Crippen LogP contribution is 2.26. The summed E-state index contributed by atoms with van der Waals surface area (Å²) in [6.07, 6.45) is 0.431. The molecule has 11 heteroatoms. The van der Waals surface area contributed by atoms with Gasteiger partial charge in [0.05, 0.1) is 22.8 Å². The summed E-state index contributed by atoms with van der Waals surface area (Å²) in [5.41, 5.74) is 1.66. The first kappa shape index (κ1) is 24.9. The monoisotopic (exact) mass is 487 g/mol. The summed E-state index contributed by atoms with van der Waals surface area (Å²) in [5, 5.41) is 6.10. The highest BCUT2D eigenvalue weighted by Gasteiger charge is 2.15. The lowest BCUT2D eigenvalue weighted by Crippen LogP contribution is -2.30. The van der Waals surface area contributed by atoms with Crippen molar-refractivity contribution in [1.82, 2.24) is 10.6 Å². The third kappa shape index (κ3) is 7.70. The number of ether oxygens (including phenoxy) is 1. The molecule has 0 aliphatic carbocycles. The summed E-state index contributed by atoms with van der Waals surface area (Å²) < 4.78 is 27.3. The normalized spacial score (nSPS) is 11.5. The molecule has 2 aromatic rings. The highest BCUT2D eigenvalue weighted by atomic mass is 35.5. The Morgan fingerprint density at radius 1 is 1.10 bits per heavy atom. The van der Waals surface area contributed by atoms with Crippen molar-refractivity contribution in [3.63, 3.8) is 0 Å². The van der Waals surface area contributed by atoms with Crippen LogP contribution in [0.1, 0.15) is 22.3 Å². The molecule has 0 heterocycles. The average Bonchev–Trinajstić information content (AvgIpc) is 2.76. The van der Waals surface area contributed by atoms with Gasteiger partial charge in [0.15, 0.2) is 0 Å². The van der Waals surface area contributed by atoms with Gasteiger partial charge in [-0.1, -0.05) is 35.3 Å². The smallest absolute Gasteiger partial charge is 0.406 e. The maximum absolute atomic E-state index is 12.2. The van der Waals surface area contributed by atoms with Gasteiger partial charge in [0, 0.05) is 25.2 Å². The number of halogens is 2. The molecule has 0 fully saturated rings. The van der Waals surface area contributed by atoms with Gasteiger partial charge in [-0.05, 0) is 48.7 Å². The summed E-state index contributed by atoms with van der Waals surface area (Å²) in [6, 6.07) is 11.6. The van der Waals surface area contributed by atoms with Crippen LogP contribution in [0.3, 0.4) is 0 Å². The highest BCUT2D eigenvalue weighted by molar-refractivity contribution is 7.80. The molecule has 31 heavy (non-hydrogen) atoms. The number of hydrogen-bond donors (Lipinski definition) is 3. The van der Waals surface area contributed by atoms with Crippen LogP contribution in [0.2, 0.25) is 10.0 Å². The Labute approximate surface area is 193 Å². The topological polar surface area (TPSA) is 108 Å². The summed E-state index contributed by atoms with van der Waals surface area (Å²) in [6.45, 7) is 0.972. The first-order valence-corrected chi connectivity index (χ1v) is 11.2. The van der Waals surface area contributed by atoms with Crippen molar-refractivity contribution in [2.24, 2.45) is 0 Å². The maximum atomic E-state index is 12.2. The number of carbonyl (C=O) groups excluding carboxylic acids is 2. The van der Waals surface area contributed by atoms with E-state index in [1.54, 1.807) is 42.5 Å². The average molecular weight is 488 g/mol. The molecule has 0 aliphatic rings. The number of methoxy groups -OCH3 is 1. The summed E-state index contributed by atoms with van der Waals surface area (Å²) >= 11 is 9.94. The molecule has 0 aliphatic heterocycles. The van der Waals surface area contributed by atoms with Gasteiger partial charge in [-0.2, -0.15) is 0 Å². The van der Waals surface area contributed by atoms with E-state index in [2.05, 4.69) is 15.4 Å². The molecule has 168 valence electrons. The number of nitrogens with zero attached hydrogens (tertiary/aromatic N) is 1. The molecule has 0 bridgehead atoms. The Balaban J connectivity index is 1.92. The van der Waals surface area contributed by atoms with Crippen LogP contribution in [0, 0.1) is 0 Å². The summed E-state index contributed by atoms with van der Waals surface area (Å²) in [4.78, 5) is 23.2. The molecule has 1 atom stereocenters. The summed E-state index contributed by atoms with van der Waals surface area (Å²) in [5.74, 6) is -0.285. The summed E-state index contributed by atoms with van der Waals surface area (Å²) in [7, 11) is 1.28. The molecule has 0 saturated heterocycles. The molecule has 0 saturated carbocycles. The maximum Gasteiger partial charge on any atom is 0.406 e. The number of hydrogen-bond acceptors (Lipinski definition) is 4. The van der Waals surface area contributed by atoms with Crippen LogP contribution in [0.4, 0.5) is 10.5 Å². The van der Waals surface area contributed by atoms with Gasteiger partial charge in [-0.3, -0.25) is 13.7 Å². The van der Waals surface area contributed by atoms with Gasteiger partial charge in [0.25, 0.3) is 17.2 Å². The van der Waals surface area contributed by atoms with E-state index in [-0.39, 0.29) is 12.5 Å². The number of amides is 2. The zero-order valence-electron chi connectivity index (χ0n) is 16.8. The van der Waals surface area contributed by atoms with E-state index in [1.165, 1.54) is 11.4 Å². The van der Waals surface area contributed by atoms with Gasteiger partial charge >= 0.3 is 6.09 Å². The molecule has 2 aromatic carbocycles. The Morgan fingerprint density at radius 3 is 2.42 bits per heavy atom. The molecular weight excluding hydrogens is 465 g/mol. The molecule has 2 rings (SSSR count). The third-order valence-electron chi connectivity index (χ3n) is 4.32. The minimum Gasteiger partial charge on any atom is -0.453 e. The number of rotatable bonds is 10. The fourth-order valence-electron chi connectivity index (χ4n) is 2.69. The lowest BCUT2D eigenvalue weighted by Gasteiger charge is -2.20. The van der Waals surface area contributed by atoms with Gasteiger partial charge < -0.3 is 15.4 Å². The number of carbonyl (C=O) groups is 2. The second kappa shape index (κ2) is 12.5. The van der Waals surface area contributed by atoms with Crippen LogP contribution in [0.5, 0.6) is 0 Å². The first-order chi connectivity index (χ1) is 14.8. The van der Waals surface area contributed by atoms with Crippen LogP contribution >= 0.6 is 23.2 Å². The van der Waals surface area contributed by atoms with Crippen LogP contribution in [-0.4, -0.2) is 47.5 Å². The molecule has 0 aromatic heterocycles. The molecule has 2 amide bonds. The van der Waals surface area contributed by atoms with E-state index in [0.717, 1.165) is 5.56 Å². The first-order valence-electron chi connectivity index (χ1n) is 9.35. The van der Waals surface area contributed by atoms with Gasteiger partial charge in [0.2, 0.25) is 0 Å². The van der Waals surface area contributed by atoms with Gasteiger partial charge in [-0.15, -0.1) is 0 Å². The lowest BCUT2D eigenvalue weighted by atomic mass is 10.1. The number of nitrogens with one attached hydrogen (secondary N) is 2. The minimum atomic E-state index is -2.26. The molecule has 8 nitrogen and oxygen atoms in total.